The molecule has 2 aliphatic heterocycles. The first-order valence-electron chi connectivity index (χ1n) is 10.5. The SMILES string of the molecule is CCCN(C(=O)CN1C(=O)N[C@@H](Cc2c[nH]c3ccccc23)C1=O)[C@H]1CCS(=O)(=O)C1. The van der Waals surface area contributed by atoms with E-state index >= 15 is 0 Å². The summed E-state index contributed by atoms with van der Waals surface area (Å²) in [5.41, 5.74) is 1.86. The van der Waals surface area contributed by atoms with Gasteiger partial charge in [0, 0.05) is 36.1 Å². The van der Waals surface area contributed by atoms with Gasteiger partial charge < -0.3 is 15.2 Å². The topological polar surface area (TPSA) is 120 Å². The first kappa shape index (κ1) is 21.4. The zero-order valence-electron chi connectivity index (χ0n) is 17.3. The molecule has 1 aromatic heterocycles. The van der Waals surface area contributed by atoms with Crippen LogP contribution in [0.3, 0.4) is 0 Å². The third-order valence-corrected chi connectivity index (χ3v) is 7.68. The van der Waals surface area contributed by atoms with Gasteiger partial charge in [-0.3, -0.25) is 14.5 Å². The summed E-state index contributed by atoms with van der Waals surface area (Å²) in [6.45, 7) is 1.90. The van der Waals surface area contributed by atoms with Gasteiger partial charge in [-0.2, -0.15) is 0 Å². The molecule has 2 N–H and O–H groups in total. The molecule has 9 nitrogen and oxygen atoms in total. The fourth-order valence-electron chi connectivity index (χ4n) is 4.38. The predicted molar refractivity (Wildman–Crippen MR) is 115 cm³/mol. The van der Waals surface area contributed by atoms with Crippen LogP contribution in [0.1, 0.15) is 25.3 Å². The summed E-state index contributed by atoms with van der Waals surface area (Å²) < 4.78 is 23.7. The van der Waals surface area contributed by atoms with Crippen LogP contribution in [0.2, 0.25) is 0 Å². The summed E-state index contributed by atoms with van der Waals surface area (Å²) in [5.74, 6) is -0.859. The minimum atomic E-state index is -3.15. The Kier molecular flexibility index (Phi) is 5.74. The number of hydrogen-bond acceptors (Lipinski definition) is 5. The molecule has 0 spiro atoms. The van der Waals surface area contributed by atoms with Crippen molar-refractivity contribution in [3.8, 4) is 0 Å². The number of carbonyl (C=O) groups is 3. The maximum Gasteiger partial charge on any atom is 0.325 e. The molecule has 4 rings (SSSR count). The van der Waals surface area contributed by atoms with Crippen LogP contribution in [-0.4, -0.2) is 77.7 Å². The summed E-state index contributed by atoms with van der Waals surface area (Å²) >= 11 is 0. The molecule has 166 valence electrons. The lowest BCUT2D eigenvalue weighted by Crippen LogP contribution is -2.48. The number of nitrogens with zero attached hydrogens (tertiary/aromatic N) is 2. The zero-order valence-corrected chi connectivity index (χ0v) is 18.2. The number of rotatable bonds is 7. The van der Waals surface area contributed by atoms with Crippen molar-refractivity contribution in [3.63, 3.8) is 0 Å². The number of aromatic amines is 1. The summed E-state index contributed by atoms with van der Waals surface area (Å²) in [4.78, 5) is 43.9. The minimum Gasteiger partial charge on any atom is -0.361 e. The van der Waals surface area contributed by atoms with E-state index in [-0.39, 0.29) is 18.1 Å². The summed E-state index contributed by atoms with van der Waals surface area (Å²) in [6.07, 6.45) is 3.18. The average molecular weight is 447 g/mol. The van der Waals surface area contributed by atoms with Crippen molar-refractivity contribution in [2.24, 2.45) is 0 Å². The van der Waals surface area contributed by atoms with E-state index in [1.807, 2.05) is 37.4 Å². The Morgan fingerprint density at radius 2 is 2.03 bits per heavy atom. The largest absolute Gasteiger partial charge is 0.361 e. The van der Waals surface area contributed by atoms with Crippen molar-refractivity contribution >= 4 is 38.6 Å². The van der Waals surface area contributed by atoms with Gasteiger partial charge in [0.1, 0.15) is 12.6 Å². The molecule has 2 aromatic rings. The quantitative estimate of drug-likeness (QED) is 0.616. The van der Waals surface area contributed by atoms with Crippen molar-refractivity contribution in [1.29, 1.82) is 0 Å². The first-order valence-corrected chi connectivity index (χ1v) is 12.3. The molecule has 2 aliphatic rings. The number of amides is 4. The van der Waals surface area contributed by atoms with Crippen LogP contribution < -0.4 is 5.32 Å². The smallest absolute Gasteiger partial charge is 0.325 e. The van der Waals surface area contributed by atoms with Gasteiger partial charge in [0.2, 0.25) is 5.91 Å². The Bertz CT molecular complexity index is 1130. The normalized spacial score (nSPS) is 22.8. The van der Waals surface area contributed by atoms with Crippen LogP contribution in [0.5, 0.6) is 0 Å². The second-order valence-corrected chi connectivity index (χ2v) is 10.4. The third kappa shape index (κ3) is 4.30. The number of benzene rings is 1. The fraction of sp³-hybridized carbons (Fsp3) is 0.476. The molecule has 10 heteroatoms. The molecular weight excluding hydrogens is 420 g/mol. The molecule has 0 bridgehead atoms. The van der Waals surface area contributed by atoms with E-state index in [9.17, 15) is 22.8 Å². The number of hydrogen-bond donors (Lipinski definition) is 2. The molecule has 0 radical (unpaired) electrons. The summed E-state index contributed by atoms with van der Waals surface area (Å²) in [7, 11) is -3.15. The first-order chi connectivity index (χ1) is 14.8. The minimum absolute atomic E-state index is 0.0565. The van der Waals surface area contributed by atoms with Gasteiger partial charge in [0.15, 0.2) is 9.84 Å². The number of sulfone groups is 1. The lowest BCUT2D eigenvalue weighted by Gasteiger charge is -2.29. The fourth-order valence-corrected chi connectivity index (χ4v) is 6.12. The maximum atomic E-state index is 12.9. The summed E-state index contributed by atoms with van der Waals surface area (Å²) in [5, 5.41) is 3.65. The van der Waals surface area contributed by atoms with Crippen molar-refractivity contribution < 1.29 is 22.8 Å². The van der Waals surface area contributed by atoms with E-state index in [2.05, 4.69) is 10.3 Å². The van der Waals surface area contributed by atoms with E-state index in [1.54, 1.807) is 0 Å². The standard InChI is InChI=1S/C21H26N4O5S/c1-2-8-24(15-7-9-31(29,30)13-15)19(26)12-25-20(27)18(23-21(25)28)10-14-11-22-17-6-4-3-5-16(14)17/h3-6,11,15,18,22H,2,7-10,12-13H2,1H3,(H,23,28)/t15-,18-/m0/s1. The van der Waals surface area contributed by atoms with Crippen molar-refractivity contribution in [3.05, 3.63) is 36.0 Å². The van der Waals surface area contributed by atoms with Crippen molar-refractivity contribution in [2.45, 2.75) is 38.3 Å². The van der Waals surface area contributed by atoms with E-state index in [0.717, 1.165) is 21.4 Å². The Morgan fingerprint density at radius 3 is 2.74 bits per heavy atom. The molecule has 0 unspecified atom stereocenters. The number of fused-ring (bicyclic) bond motifs is 1. The molecule has 2 saturated heterocycles. The van der Waals surface area contributed by atoms with Crippen LogP contribution in [0.4, 0.5) is 4.79 Å². The highest BCUT2D eigenvalue weighted by Gasteiger charge is 2.41. The van der Waals surface area contributed by atoms with Gasteiger partial charge in [-0.05, 0) is 24.5 Å². The van der Waals surface area contributed by atoms with Gasteiger partial charge in [-0.1, -0.05) is 25.1 Å². The summed E-state index contributed by atoms with van der Waals surface area (Å²) in [6, 6.07) is 5.96. The Hall–Kier alpha value is -2.88. The van der Waals surface area contributed by atoms with E-state index in [4.69, 9.17) is 0 Å². The third-order valence-electron chi connectivity index (χ3n) is 5.93. The number of nitrogens with one attached hydrogen (secondary N) is 2. The van der Waals surface area contributed by atoms with Crippen LogP contribution in [0.25, 0.3) is 10.9 Å². The zero-order chi connectivity index (χ0) is 22.2. The Labute approximate surface area is 180 Å². The second-order valence-electron chi connectivity index (χ2n) is 8.13. The monoisotopic (exact) mass is 446 g/mol. The molecule has 0 aliphatic carbocycles. The number of H-pyrrole nitrogens is 1. The lowest BCUT2D eigenvalue weighted by molar-refractivity contribution is -0.138. The van der Waals surface area contributed by atoms with E-state index in [1.165, 1.54) is 4.90 Å². The highest BCUT2D eigenvalue weighted by atomic mass is 32.2. The number of carbonyl (C=O) groups excluding carboxylic acids is 3. The highest BCUT2D eigenvalue weighted by Crippen LogP contribution is 2.22. The van der Waals surface area contributed by atoms with Crippen LogP contribution >= 0.6 is 0 Å². The van der Waals surface area contributed by atoms with Gasteiger partial charge in [0.05, 0.1) is 11.5 Å². The Morgan fingerprint density at radius 1 is 1.26 bits per heavy atom. The number of para-hydroxylation sites is 1. The highest BCUT2D eigenvalue weighted by molar-refractivity contribution is 7.91. The van der Waals surface area contributed by atoms with Crippen LogP contribution in [0.15, 0.2) is 30.5 Å². The molecule has 3 heterocycles. The molecule has 4 amide bonds. The second kappa shape index (κ2) is 8.33. The molecular formula is C21H26N4O5S. The number of aromatic nitrogens is 1. The molecule has 2 atom stereocenters. The molecule has 31 heavy (non-hydrogen) atoms. The van der Waals surface area contributed by atoms with Gasteiger partial charge in [-0.25, -0.2) is 13.2 Å². The van der Waals surface area contributed by atoms with Gasteiger partial charge in [-0.15, -0.1) is 0 Å². The van der Waals surface area contributed by atoms with E-state index in [0.29, 0.717) is 25.8 Å². The number of imide groups is 1. The lowest BCUT2D eigenvalue weighted by atomic mass is 10.1. The Balaban J connectivity index is 1.45. The van der Waals surface area contributed by atoms with E-state index < -0.39 is 39.8 Å². The molecule has 0 saturated carbocycles. The molecule has 1 aromatic carbocycles. The molecule has 2 fully saturated rings. The maximum absolute atomic E-state index is 12.9. The van der Waals surface area contributed by atoms with Crippen molar-refractivity contribution in [2.75, 3.05) is 24.6 Å². The number of urea groups is 1. The van der Waals surface area contributed by atoms with Crippen LogP contribution in [0, 0.1) is 0 Å². The van der Waals surface area contributed by atoms with Crippen LogP contribution in [-0.2, 0) is 25.8 Å². The van der Waals surface area contributed by atoms with Crippen molar-refractivity contribution in [1.82, 2.24) is 20.1 Å². The van der Waals surface area contributed by atoms with Gasteiger partial charge >= 0.3 is 6.03 Å². The predicted octanol–water partition coefficient (Wildman–Crippen LogP) is 1.06. The van der Waals surface area contributed by atoms with Gasteiger partial charge in [0.25, 0.3) is 5.91 Å². The average Bonchev–Trinajstić information content (AvgIpc) is 3.38.